The van der Waals surface area contributed by atoms with Crippen molar-refractivity contribution in [1.29, 1.82) is 0 Å². The number of likely N-dealkylation sites (N-methyl/N-ethyl adjacent to an activating group) is 1. The number of carboxylic acids is 1. The highest BCUT2D eigenvalue weighted by atomic mass is 16.4. The van der Waals surface area contributed by atoms with Gasteiger partial charge in [-0.2, -0.15) is 0 Å². The van der Waals surface area contributed by atoms with Crippen LogP contribution in [0.3, 0.4) is 0 Å². The molecule has 1 aromatic heterocycles. The van der Waals surface area contributed by atoms with Gasteiger partial charge in [-0.1, -0.05) is 0 Å². The summed E-state index contributed by atoms with van der Waals surface area (Å²) in [5, 5.41) is 11.7. The molecule has 1 aromatic rings. The van der Waals surface area contributed by atoms with Crippen LogP contribution in [-0.2, 0) is 0 Å². The topological polar surface area (TPSA) is 82.5 Å². The SMILES string of the molecule is CC(CN(C)C)NC(=O)c1ncccc1C(=O)O. The van der Waals surface area contributed by atoms with Crippen LogP contribution in [0.1, 0.15) is 27.8 Å². The first kappa shape index (κ1) is 14.1. The molecule has 0 aliphatic carbocycles. The largest absolute Gasteiger partial charge is 0.478 e. The monoisotopic (exact) mass is 251 g/mol. The van der Waals surface area contributed by atoms with Gasteiger partial charge in [-0.15, -0.1) is 0 Å². The van der Waals surface area contributed by atoms with Crippen molar-refractivity contribution in [3.63, 3.8) is 0 Å². The summed E-state index contributed by atoms with van der Waals surface area (Å²) in [7, 11) is 3.79. The van der Waals surface area contributed by atoms with Crippen molar-refractivity contribution in [3.8, 4) is 0 Å². The molecule has 6 nitrogen and oxygen atoms in total. The lowest BCUT2D eigenvalue weighted by Gasteiger charge is -2.18. The molecule has 2 N–H and O–H groups in total. The molecule has 0 bridgehead atoms. The van der Waals surface area contributed by atoms with Crippen LogP contribution in [0.15, 0.2) is 18.3 Å². The maximum Gasteiger partial charge on any atom is 0.338 e. The molecule has 1 heterocycles. The standard InChI is InChI=1S/C12H17N3O3/c1-8(7-15(2)3)14-11(16)10-9(12(17)18)5-4-6-13-10/h4-6,8H,7H2,1-3H3,(H,14,16)(H,17,18). The number of amides is 1. The van der Waals surface area contributed by atoms with Crippen molar-refractivity contribution in [2.75, 3.05) is 20.6 Å². The Kier molecular flexibility index (Phi) is 4.79. The third-order valence-corrected chi connectivity index (χ3v) is 2.27. The van der Waals surface area contributed by atoms with E-state index < -0.39 is 11.9 Å². The van der Waals surface area contributed by atoms with E-state index in [-0.39, 0.29) is 17.3 Å². The molecule has 0 aliphatic rings. The fraction of sp³-hybridized carbons (Fsp3) is 0.417. The van der Waals surface area contributed by atoms with E-state index in [4.69, 9.17) is 5.11 Å². The lowest BCUT2D eigenvalue weighted by molar-refractivity contribution is 0.0689. The van der Waals surface area contributed by atoms with Crippen LogP contribution in [-0.4, -0.2) is 53.5 Å². The Labute approximate surface area is 106 Å². The van der Waals surface area contributed by atoms with Crippen molar-refractivity contribution in [3.05, 3.63) is 29.6 Å². The number of aromatic nitrogens is 1. The molecular weight excluding hydrogens is 234 g/mol. The lowest BCUT2D eigenvalue weighted by Crippen LogP contribution is -2.40. The van der Waals surface area contributed by atoms with Gasteiger partial charge in [-0.3, -0.25) is 9.78 Å². The number of pyridine rings is 1. The molecule has 6 heteroatoms. The minimum atomic E-state index is -1.16. The predicted molar refractivity (Wildman–Crippen MR) is 66.7 cm³/mol. The first-order valence-corrected chi connectivity index (χ1v) is 5.55. The Morgan fingerprint density at radius 2 is 2.17 bits per heavy atom. The second kappa shape index (κ2) is 6.11. The van der Waals surface area contributed by atoms with E-state index in [9.17, 15) is 9.59 Å². The van der Waals surface area contributed by atoms with Gasteiger partial charge in [0.15, 0.2) is 0 Å². The summed E-state index contributed by atoms with van der Waals surface area (Å²) < 4.78 is 0. The molecule has 18 heavy (non-hydrogen) atoms. The van der Waals surface area contributed by atoms with E-state index in [1.807, 2.05) is 25.9 Å². The lowest BCUT2D eigenvalue weighted by atomic mass is 10.1. The first-order chi connectivity index (χ1) is 8.41. The molecule has 0 saturated carbocycles. The predicted octanol–water partition coefficient (Wildman–Crippen LogP) is 0.460. The van der Waals surface area contributed by atoms with Crippen molar-refractivity contribution in [2.24, 2.45) is 0 Å². The van der Waals surface area contributed by atoms with Crippen LogP contribution in [0.5, 0.6) is 0 Å². The molecule has 0 fully saturated rings. The van der Waals surface area contributed by atoms with Gasteiger partial charge in [0.1, 0.15) is 5.69 Å². The van der Waals surface area contributed by atoms with Gasteiger partial charge in [-0.05, 0) is 33.2 Å². The quantitative estimate of drug-likeness (QED) is 0.794. The summed E-state index contributed by atoms with van der Waals surface area (Å²) in [6, 6.07) is 2.76. The average Bonchev–Trinajstić information content (AvgIpc) is 2.27. The van der Waals surface area contributed by atoms with Crippen LogP contribution in [0.2, 0.25) is 0 Å². The molecule has 0 spiro atoms. The maximum absolute atomic E-state index is 11.9. The zero-order chi connectivity index (χ0) is 13.7. The Bertz CT molecular complexity index is 446. The molecule has 98 valence electrons. The van der Waals surface area contributed by atoms with Gasteiger partial charge >= 0.3 is 5.97 Å². The summed E-state index contributed by atoms with van der Waals surface area (Å²) in [5.74, 6) is -1.63. The Balaban J connectivity index is 2.81. The zero-order valence-electron chi connectivity index (χ0n) is 10.7. The van der Waals surface area contributed by atoms with Crippen LogP contribution < -0.4 is 5.32 Å². The van der Waals surface area contributed by atoms with Crippen molar-refractivity contribution in [1.82, 2.24) is 15.2 Å². The van der Waals surface area contributed by atoms with Gasteiger partial charge in [0.25, 0.3) is 5.91 Å². The summed E-state index contributed by atoms with van der Waals surface area (Å²) in [6.45, 7) is 2.52. The van der Waals surface area contributed by atoms with Gasteiger partial charge in [0.05, 0.1) is 5.56 Å². The van der Waals surface area contributed by atoms with Crippen LogP contribution in [0.4, 0.5) is 0 Å². The number of hydrogen-bond donors (Lipinski definition) is 2. The smallest absolute Gasteiger partial charge is 0.338 e. The van der Waals surface area contributed by atoms with Gasteiger partial charge in [-0.25, -0.2) is 4.79 Å². The molecule has 1 unspecified atom stereocenters. The summed E-state index contributed by atoms with van der Waals surface area (Å²) >= 11 is 0. The molecule has 0 aromatic carbocycles. The Morgan fingerprint density at radius 3 is 2.72 bits per heavy atom. The van der Waals surface area contributed by atoms with E-state index >= 15 is 0 Å². The third-order valence-electron chi connectivity index (χ3n) is 2.27. The van der Waals surface area contributed by atoms with Gasteiger partial charge in [0.2, 0.25) is 0 Å². The van der Waals surface area contributed by atoms with Gasteiger partial charge < -0.3 is 15.3 Å². The summed E-state index contributed by atoms with van der Waals surface area (Å²) in [5.41, 5.74) is -0.150. The second-order valence-electron chi connectivity index (χ2n) is 4.34. The van der Waals surface area contributed by atoms with Crippen molar-refractivity contribution >= 4 is 11.9 Å². The van der Waals surface area contributed by atoms with E-state index in [1.165, 1.54) is 18.3 Å². The number of hydrogen-bond acceptors (Lipinski definition) is 4. The third kappa shape index (κ3) is 3.81. The molecule has 0 aliphatic heterocycles. The summed E-state index contributed by atoms with van der Waals surface area (Å²) in [6.07, 6.45) is 1.40. The van der Waals surface area contributed by atoms with E-state index in [1.54, 1.807) is 0 Å². The number of carbonyl (C=O) groups is 2. The minimum Gasteiger partial charge on any atom is -0.478 e. The van der Waals surface area contributed by atoms with Crippen LogP contribution in [0, 0.1) is 0 Å². The number of nitrogens with zero attached hydrogens (tertiary/aromatic N) is 2. The second-order valence-corrected chi connectivity index (χ2v) is 4.34. The molecule has 1 amide bonds. The number of carboxylic acid groups (broad SMARTS) is 1. The highest BCUT2D eigenvalue weighted by molar-refractivity contribution is 6.03. The zero-order valence-corrected chi connectivity index (χ0v) is 10.7. The number of rotatable bonds is 5. The molecule has 1 rings (SSSR count). The van der Waals surface area contributed by atoms with E-state index in [2.05, 4.69) is 10.3 Å². The maximum atomic E-state index is 11.9. The molecule has 0 saturated heterocycles. The number of aromatic carboxylic acids is 1. The highest BCUT2D eigenvalue weighted by Crippen LogP contribution is 2.05. The fourth-order valence-electron chi connectivity index (χ4n) is 1.64. The number of carbonyl (C=O) groups excluding carboxylic acids is 1. The first-order valence-electron chi connectivity index (χ1n) is 5.55. The summed E-state index contributed by atoms with van der Waals surface area (Å²) in [4.78, 5) is 28.6. The molecule has 0 radical (unpaired) electrons. The molecule has 1 atom stereocenters. The van der Waals surface area contributed by atoms with E-state index in [0.717, 1.165) is 0 Å². The minimum absolute atomic E-state index is 0.0596. The van der Waals surface area contributed by atoms with Crippen LogP contribution in [0.25, 0.3) is 0 Å². The Morgan fingerprint density at radius 1 is 1.50 bits per heavy atom. The van der Waals surface area contributed by atoms with Crippen LogP contribution >= 0.6 is 0 Å². The number of nitrogens with one attached hydrogen (secondary N) is 1. The van der Waals surface area contributed by atoms with Gasteiger partial charge in [0, 0.05) is 18.8 Å². The van der Waals surface area contributed by atoms with Crippen molar-refractivity contribution in [2.45, 2.75) is 13.0 Å². The fourth-order valence-corrected chi connectivity index (χ4v) is 1.64. The molecular formula is C12H17N3O3. The van der Waals surface area contributed by atoms with Crippen molar-refractivity contribution < 1.29 is 14.7 Å². The average molecular weight is 251 g/mol. The Hall–Kier alpha value is -1.95. The highest BCUT2D eigenvalue weighted by Gasteiger charge is 2.18. The normalized spacial score (nSPS) is 12.2. The van der Waals surface area contributed by atoms with E-state index in [0.29, 0.717) is 6.54 Å².